The van der Waals surface area contributed by atoms with Crippen LogP contribution in [0, 0.1) is 5.92 Å². The lowest BCUT2D eigenvalue weighted by Gasteiger charge is -2.31. The van der Waals surface area contributed by atoms with Gasteiger partial charge in [0, 0.05) is 31.4 Å². The first-order valence-corrected chi connectivity index (χ1v) is 9.94. The second-order valence-corrected chi connectivity index (χ2v) is 7.77. The summed E-state index contributed by atoms with van der Waals surface area (Å²) in [6, 6.07) is 14.5. The minimum Gasteiger partial charge on any atom is -0.356 e. The number of nitrogens with zero attached hydrogens (tertiary/aromatic N) is 5. The van der Waals surface area contributed by atoms with Crippen LogP contribution in [-0.2, 0) is 13.1 Å². The van der Waals surface area contributed by atoms with Crippen molar-refractivity contribution in [2.24, 2.45) is 5.92 Å². The highest BCUT2D eigenvalue weighted by molar-refractivity contribution is 5.55. The Morgan fingerprint density at radius 2 is 2.00 bits per heavy atom. The fourth-order valence-corrected chi connectivity index (χ4v) is 3.72. The van der Waals surface area contributed by atoms with Gasteiger partial charge in [0.15, 0.2) is 0 Å². The average molecular weight is 377 g/mol. The summed E-state index contributed by atoms with van der Waals surface area (Å²) in [4.78, 5) is 13.7. The van der Waals surface area contributed by atoms with Crippen molar-refractivity contribution < 1.29 is 4.52 Å². The molecule has 28 heavy (non-hydrogen) atoms. The summed E-state index contributed by atoms with van der Waals surface area (Å²) in [5.74, 6) is 2.96. The van der Waals surface area contributed by atoms with Crippen LogP contribution in [0.5, 0.6) is 0 Å². The average Bonchev–Trinajstić information content (AvgIpc) is 3.17. The van der Waals surface area contributed by atoms with Crippen molar-refractivity contribution in [1.82, 2.24) is 20.0 Å². The number of benzene rings is 1. The first-order chi connectivity index (χ1) is 13.7. The highest BCUT2D eigenvalue weighted by atomic mass is 16.5. The van der Waals surface area contributed by atoms with Crippen LogP contribution in [-0.4, -0.2) is 40.2 Å². The third-order valence-corrected chi connectivity index (χ3v) is 5.16. The maximum Gasteiger partial charge on any atom is 0.241 e. The van der Waals surface area contributed by atoms with Crippen LogP contribution in [0.1, 0.15) is 31.2 Å². The van der Waals surface area contributed by atoms with E-state index >= 15 is 0 Å². The molecule has 0 unspecified atom stereocenters. The smallest absolute Gasteiger partial charge is 0.241 e. The number of hydrogen-bond donors (Lipinski definition) is 0. The Hall–Kier alpha value is -2.73. The second-order valence-electron chi connectivity index (χ2n) is 7.77. The Morgan fingerprint density at radius 3 is 2.75 bits per heavy atom. The van der Waals surface area contributed by atoms with Crippen LogP contribution < -0.4 is 4.90 Å². The third kappa shape index (κ3) is 4.57. The second kappa shape index (κ2) is 8.52. The van der Waals surface area contributed by atoms with Gasteiger partial charge in [-0.05, 0) is 43.5 Å². The summed E-state index contributed by atoms with van der Waals surface area (Å²) < 4.78 is 5.45. The van der Waals surface area contributed by atoms with Crippen LogP contribution in [0.4, 0.5) is 5.82 Å². The monoisotopic (exact) mass is 377 g/mol. The molecule has 0 spiro atoms. The number of pyridine rings is 1. The molecule has 4 rings (SSSR count). The molecule has 146 valence electrons. The lowest BCUT2D eigenvalue weighted by atomic mass is 10.0. The molecule has 1 saturated heterocycles. The molecule has 1 aromatic carbocycles. The fourth-order valence-electron chi connectivity index (χ4n) is 3.72. The van der Waals surface area contributed by atoms with Crippen LogP contribution in [0.25, 0.3) is 11.4 Å². The van der Waals surface area contributed by atoms with Crippen molar-refractivity contribution in [1.29, 1.82) is 0 Å². The van der Waals surface area contributed by atoms with Gasteiger partial charge >= 0.3 is 0 Å². The molecular formula is C22H27N5O. The van der Waals surface area contributed by atoms with Gasteiger partial charge in [-0.2, -0.15) is 4.98 Å². The molecular weight excluding hydrogens is 350 g/mol. The number of rotatable bonds is 6. The van der Waals surface area contributed by atoms with E-state index in [9.17, 15) is 0 Å². The Kier molecular flexibility index (Phi) is 5.67. The molecule has 0 saturated carbocycles. The van der Waals surface area contributed by atoms with Crippen molar-refractivity contribution in [3.05, 3.63) is 60.1 Å². The molecule has 3 aromatic rings. The van der Waals surface area contributed by atoms with Gasteiger partial charge < -0.3 is 9.42 Å². The quantitative estimate of drug-likeness (QED) is 0.647. The molecule has 6 heteroatoms. The maximum atomic E-state index is 5.45. The van der Waals surface area contributed by atoms with Gasteiger partial charge in [0.25, 0.3) is 0 Å². The van der Waals surface area contributed by atoms with Crippen molar-refractivity contribution >= 4 is 5.82 Å². The van der Waals surface area contributed by atoms with Gasteiger partial charge in [-0.25, -0.2) is 4.98 Å². The van der Waals surface area contributed by atoms with E-state index in [4.69, 9.17) is 4.52 Å². The van der Waals surface area contributed by atoms with Gasteiger partial charge in [-0.1, -0.05) is 42.4 Å². The van der Waals surface area contributed by atoms with Gasteiger partial charge in [0.2, 0.25) is 11.7 Å². The van der Waals surface area contributed by atoms with E-state index in [-0.39, 0.29) is 0 Å². The van der Waals surface area contributed by atoms with E-state index < -0.39 is 0 Å². The summed E-state index contributed by atoms with van der Waals surface area (Å²) in [5, 5.41) is 4.13. The number of anilines is 1. The lowest BCUT2D eigenvalue weighted by molar-refractivity contribution is 0.261. The molecule has 0 radical (unpaired) electrons. The summed E-state index contributed by atoms with van der Waals surface area (Å²) >= 11 is 0. The first kappa shape index (κ1) is 18.6. The predicted octanol–water partition coefficient (Wildman–Crippen LogP) is 4.00. The van der Waals surface area contributed by atoms with Crippen molar-refractivity contribution in [3.8, 4) is 11.4 Å². The molecule has 0 aliphatic carbocycles. The van der Waals surface area contributed by atoms with Gasteiger partial charge in [0.1, 0.15) is 5.82 Å². The Labute approximate surface area is 166 Å². The molecule has 1 aliphatic rings. The largest absolute Gasteiger partial charge is 0.356 e. The molecule has 1 fully saturated rings. The number of hydrogen-bond acceptors (Lipinski definition) is 6. The van der Waals surface area contributed by atoms with Crippen LogP contribution in [0.2, 0.25) is 0 Å². The van der Waals surface area contributed by atoms with Crippen LogP contribution in [0.15, 0.2) is 53.2 Å². The van der Waals surface area contributed by atoms with Gasteiger partial charge in [-0.15, -0.1) is 0 Å². The minimum absolute atomic E-state index is 0.592. The minimum atomic E-state index is 0.592. The van der Waals surface area contributed by atoms with E-state index in [0.29, 0.717) is 18.3 Å². The summed E-state index contributed by atoms with van der Waals surface area (Å²) in [5.41, 5.74) is 2.14. The fraction of sp³-hybridized carbons (Fsp3) is 0.409. The Balaban J connectivity index is 1.38. The SMILES string of the molecule is C[C@H]1CCCN(c2ccc(-c3noc(CN(C)Cc4ccccc4)n3)cn2)C1. The number of piperidine rings is 1. The van der Waals surface area contributed by atoms with E-state index in [1.54, 1.807) is 0 Å². The predicted molar refractivity (Wildman–Crippen MR) is 110 cm³/mol. The van der Waals surface area contributed by atoms with Crippen molar-refractivity contribution in [3.63, 3.8) is 0 Å². The zero-order valence-corrected chi connectivity index (χ0v) is 16.6. The van der Waals surface area contributed by atoms with Gasteiger partial charge in [0.05, 0.1) is 6.54 Å². The van der Waals surface area contributed by atoms with E-state index in [2.05, 4.69) is 62.2 Å². The maximum absolute atomic E-state index is 5.45. The molecule has 0 bridgehead atoms. The third-order valence-electron chi connectivity index (χ3n) is 5.16. The van der Waals surface area contributed by atoms with Gasteiger partial charge in [-0.3, -0.25) is 4.90 Å². The highest BCUT2D eigenvalue weighted by Gasteiger charge is 2.18. The van der Waals surface area contributed by atoms with Crippen LogP contribution >= 0.6 is 0 Å². The van der Waals surface area contributed by atoms with Crippen molar-refractivity contribution in [2.75, 3.05) is 25.0 Å². The summed E-state index contributed by atoms with van der Waals surface area (Å²) in [7, 11) is 2.05. The zero-order chi connectivity index (χ0) is 19.3. The molecule has 0 N–H and O–H groups in total. The lowest BCUT2D eigenvalue weighted by Crippen LogP contribution is -2.34. The Morgan fingerprint density at radius 1 is 1.14 bits per heavy atom. The molecule has 1 atom stereocenters. The topological polar surface area (TPSA) is 58.3 Å². The van der Waals surface area contributed by atoms with E-state index in [0.717, 1.165) is 36.9 Å². The zero-order valence-electron chi connectivity index (χ0n) is 16.6. The van der Waals surface area contributed by atoms with Crippen LogP contribution in [0.3, 0.4) is 0 Å². The standard InChI is InChI=1S/C22H27N5O/c1-17-7-6-12-27(14-17)20-11-10-19(13-23-20)22-24-21(28-25-22)16-26(2)15-18-8-4-3-5-9-18/h3-5,8-11,13,17H,6-7,12,14-16H2,1-2H3/t17-/m0/s1. The highest BCUT2D eigenvalue weighted by Crippen LogP contribution is 2.23. The normalized spacial score (nSPS) is 17.2. The van der Waals surface area contributed by atoms with E-state index in [1.807, 2.05) is 25.4 Å². The Bertz CT molecular complexity index is 877. The summed E-state index contributed by atoms with van der Waals surface area (Å²) in [6.07, 6.45) is 4.38. The van der Waals surface area contributed by atoms with E-state index in [1.165, 1.54) is 18.4 Å². The first-order valence-electron chi connectivity index (χ1n) is 9.94. The van der Waals surface area contributed by atoms with Crippen molar-refractivity contribution in [2.45, 2.75) is 32.9 Å². The molecule has 6 nitrogen and oxygen atoms in total. The summed E-state index contributed by atoms with van der Waals surface area (Å²) in [6.45, 7) is 5.90. The molecule has 1 aliphatic heterocycles. The molecule has 2 aromatic heterocycles. The number of aromatic nitrogens is 3. The molecule has 0 amide bonds. The molecule has 3 heterocycles.